The molecule has 0 radical (unpaired) electrons. The predicted molar refractivity (Wildman–Crippen MR) is 85.2 cm³/mol. The number of nitrogens with two attached hydrogens (primary N) is 1. The van der Waals surface area contributed by atoms with Gasteiger partial charge in [-0.1, -0.05) is 43.4 Å². The fraction of sp³-hybridized carbons (Fsp3) is 0.500. The Bertz CT molecular complexity index is 572. The Kier molecular flexibility index (Phi) is 4.78. The van der Waals surface area contributed by atoms with Gasteiger partial charge in [-0.25, -0.2) is 12.7 Å². The van der Waals surface area contributed by atoms with Gasteiger partial charge in [-0.05, 0) is 30.4 Å². The molecule has 0 spiro atoms. The highest BCUT2D eigenvalue weighted by Gasteiger charge is 2.33. The van der Waals surface area contributed by atoms with E-state index in [9.17, 15) is 8.42 Å². The summed E-state index contributed by atoms with van der Waals surface area (Å²) in [4.78, 5) is 0.0641. The first-order chi connectivity index (χ1) is 9.46. The first-order valence-corrected chi connectivity index (χ1v) is 8.73. The molecule has 2 rings (SSSR count). The first kappa shape index (κ1) is 15.4. The van der Waals surface area contributed by atoms with Crippen molar-refractivity contribution in [3.8, 4) is 0 Å². The Morgan fingerprint density at radius 3 is 2.20 bits per heavy atom. The minimum Gasteiger partial charge on any atom is -0.392 e. The number of nitrogens with zero attached hydrogens (tertiary/aromatic N) is 1. The summed E-state index contributed by atoms with van der Waals surface area (Å²) in [6.45, 7) is 2.80. The lowest BCUT2D eigenvalue weighted by Crippen LogP contribution is -2.45. The van der Waals surface area contributed by atoms with Gasteiger partial charge in [0.2, 0.25) is 10.0 Å². The summed E-state index contributed by atoms with van der Waals surface area (Å²) in [7, 11) is -3.45. The molecule has 1 aromatic rings. The SMILES string of the molecule is CCC(C(N)=S)S(=O)(=O)N1CCc2ccccc2CC1. The van der Waals surface area contributed by atoms with Gasteiger partial charge in [0.15, 0.2) is 0 Å². The van der Waals surface area contributed by atoms with Crippen molar-refractivity contribution < 1.29 is 8.42 Å². The Hall–Kier alpha value is -0.980. The molecule has 0 saturated heterocycles. The zero-order valence-electron chi connectivity index (χ0n) is 11.6. The maximum absolute atomic E-state index is 12.6. The molecule has 4 nitrogen and oxygen atoms in total. The van der Waals surface area contributed by atoms with Crippen LogP contribution in [0.1, 0.15) is 24.5 Å². The van der Waals surface area contributed by atoms with Crippen LogP contribution in [0.15, 0.2) is 24.3 Å². The van der Waals surface area contributed by atoms with Crippen LogP contribution in [-0.4, -0.2) is 36.1 Å². The maximum Gasteiger partial charge on any atom is 0.223 e. The van der Waals surface area contributed by atoms with Gasteiger partial charge in [0.25, 0.3) is 0 Å². The van der Waals surface area contributed by atoms with Crippen molar-refractivity contribution in [1.82, 2.24) is 4.31 Å². The molecule has 6 heteroatoms. The van der Waals surface area contributed by atoms with Crippen LogP contribution in [0.3, 0.4) is 0 Å². The van der Waals surface area contributed by atoms with E-state index in [2.05, 4.69) is 12.1 Å². The molecule has 0 bridgehead atoms. The zero-order chi connectivity index (χ0) is 14.8. The highest BCUT2D eigenvalue weighted by Crippen LogP contribution is 2.20. The second-order valence-corrected chi connectivity index (χ2v) is 7.60. The quantitative estimate of drug-likeness (QED) is 0.856. The largest absolute Gasteiger partial charge is 0.392 e. The summed E-state index contributed by atoms with van der Waals surface area (Å²) in [5, 5.41) is -0.751. The van der Waals surface area contributed by atoms with Crippen molar-refractivity contribution in [2.45, 2.75) is 31.4 Å². The first-order valence-electron chi connectivity index (χ1n) is 6.82. The van der Waals surface area contributed by atoms with E-state index in [1.54, 1.807) is 11.2 Å². The fourth-order valence-electron chi connectivity index (χ4n) is 2.64. The van der Waals surface area contributed by atoms with Gasteiger partial charge in [-0.15, -0.1) is 0 Å². The van der Waals surface area contributed by atoms with Gasteiger partial charge in [-0.3, -0.25) is 0 Å². The average Bonchev–Trinajstić information content (AvgIpc) is 2.61. The van der Waals surface area contributed by atoms with Crippen LogP contribution in [0.2, 0.25) is 0 Å². The molecule has 1 aromatic carbocycles. The molecule has 0 amide bonds. The van der Waals surface area contributed by atoms with E-state index in [0.29, 0.717) is 19.5 Å². The zero-order valence-corrected chi connectivity index (χ0v) is 13.2. The molecule has 0 saturated carbocycles. The van der Waals surface area contributed by atoms with Gasteiger partial charge in [0.05, 0.1) is 4.99 Å². The van der Waals surface area contributed by atoms with Crippen LogP contribution in [0, 0.1) is 0 Å². The van der Waals surface area contributed by atoms with Gasteiger partial charge in [-0.2, -0.15) is 0 Å². The van der Waals surface area contributed by atoms with E-state index in [4.69, 9.17) is 18.0 Å². The molecule has 20 heavy (non-hydrogen) atoms. The van der Waals surface area contributed by atoms with Crippen molar-refractivity contribution in [2.24, 2.45) is 5.73 Å². The molecule has 1 unspecified atom stereocenters. The van der Waals surface area contributed by atoms with Crippen LogP contribution in [0.25, 0.3) is 0 Å². The normalized spacial score (nSPS) is 18.1. The average molecular weight is 312 g/mol. The molecule has 2 N–H and O–H groups in total. The lowest BCUT2D eigenvalue weighted by Gasteiger charge is -2.25. The third-order valence-corrected chi connectivity index (χ3v) is 6.61. The molecule has 110 valence electrons. The van der Waals surface area contributed by atoms with E-state index in [1.807, 2.05) is 12.1 Å². The Morgan fingerprint density at radius 2 is 1.80 bits per heavy atom. The van der Waals surface area contributed by atoms with Crippen LogP contribution in [0.5, 0.6) is 0 Å². The number of benzene rings is 1. The molecular weight excluding hydrogens is 292 g/mol. The second kappa shape index (κ2) is 6.20. The van der Waals surface area contributed by atoms with E-state index < -0.39 is 15.3 Å². The molecule has 1 heterocycles. The van der Waals surface area contributed by atoms with Crippen molar-refractivity contribution in [1.29, 1.82) is 0 Å². The van der Waals surface area contributed by atoms with Crippen LogP contribution < -0.4 is 5.73 Å². The fourth-order valence-corrected chi connectivity index (χ4v) is 4.94. The van der Waals surface area contributed by atoms with Crippen LogP contribution in [-0.2, 0) is 22.9 Å². The maximum atomic E-state index is 12.6. The number of fused-ring (bicyclic) bond motifs is 1. The summed E-state index contributed by atoms with van der Waals surface area (Å²) < 4.78 is 26.8. The lowest BCUT2D eigenvalue weighted by molar-refractivity contribution is 0.423. The van der Waals surface area contributed by atoms with Crippen molar-refractivity contribution in [3.63, 3.8) is 0 Å². The minimum absolute atomic E-state index is 0.0641. The van der Waals surface area contributed by atoms with Gasteiger partial charge in [0.1, 0.15) is 5.25 Å². The topological polar surface area (TPSA) is 63.4 Å². The number of sulfonamides is 1. The van der Waals surface area contributed by atoms with Crippen molar-refractivity contribution in [3.05, 3.63) is 35.4 Å². The molecule has 1 aliphatic heterocycles. The second-order valence-electron chi connectivity index (χ2n) is 5.01. The standard InChI is InChI=1S/C14H20N2O2S2/c1-2-13(14(15)19)20(17,18)16-9-7-11-5-3-4-6-12(11)8-10-16/h3-6,13H,2,7-10H2,1H3,(H2,15,19). The Morgan fingerprint density at radius 1 is 1.30 bits per heavy atom. The van der Waals surface area contributed by atoms with E-state index in [-0.39, 0.29) is 4.99 Å². The lowest BCUT2D eigenvalue weighted by atomic mass is 10.0. The highest BCUT2D eigenvalue weighted by molar-refractivity contribution is 7.92. The van der Waals surface area contributed by atoms with Gasteiger partial charge >= 0.3 is 0 Å². The molecule has 0 aliphatic carbocycles. The number of hydrogen-bond acceptors (Lipinski definition) is 3. The van der Waals surface area contributed by atoms with Crippen LogP contribution >= 0.6 is 12.2 Å². The van der Waals surface area contributed by atoms with Crippen molar-refractivity contribution in [2.75, 3.05) is 13.1 Å². The molecule has 0 aromatic heterocycles. The highest BCUT2D eigenvalue weighted by atomic mass is 32.2. The number of hydrogen-bond donors (Lipinski definition) is 1. The predicted octanol–water partition coefficient (Wildman–Crippen LogP) is 1.48. The monoisotopic (exact) mass is 312 g/mol. The number of rotatable bonds is 4. The molecule has 1 aliphatic rings. The summed E-state index contributed by atoms with van der Waals surface area (Å²) in [5.41, 5.74) is 8.05. The third kappa shape index (κ3) is 3.02. The van der Waals surface area contributed by atoms with E-state index >= 15 is 0 Å². The summed E-state index contributed by atoms with van der Waals surface area (Å²) >= 11 is 4.91. The summed E-state index contributed by atoms with van der Waals surface area (Å²) in [6.07, 6.45) is 1.90. The van der Waals surface area contributed by atoms with E-state index in [1.165, 1.54) is 11.1 Å². The number of thiocarbonyl (C=S) groups is 1. The molecule has 0 fully saturated rings. The molecular formula is C14H20N2O2S2. The summed E-state index contributed by atoms with van der Waals surface area (Å²) in [6, 6.07) is 8.12. The van der Waals surface area contributed by atoms with Crippen LogP contribution in [0.4, 0.5) is 0 Å². The van der Waals surface area contributed by atoms with Gasteiger partial charge < -0.3 is 5.73 Å². The Labute approximate surface area is 126 Å². The van der Waals surface area contributed by atoms with Gasteiger partial charge in [0, 0.05) is 13.1 Å². The third-order valence-electron chi connectivity index (χ3n) is 3.79. The van der Waals surface area contributed by atoms with E-state index in [0.717, 1.165) is 12.8 Å². The molecule has 1 atom stereocenters. The van der Waals surface area contributed by atoms with Crippen molar-refractivity contribution >= 4 is 27.2 Å². The Balaban J connectivity index is 2.22. The summed E-state index contributed by atoms with van der Waals surface area (Å²) in [5.74, 6) is 0. The minimum atomic E-state index is -3.45. The smallest absolute Gasteiger partial charge is 0.223 e.